The molecule has 2 aromatic rings. The number of halogens is 1. The number of ketones is 2. The molecule has 1 saturated heterocycles. The van der Waals surface area contributed by atoms with Crippen LogP contribution in [0.5, 0.6) is 0 Å². The standard InChI is InChI=1S/C67H100BrN9O19S.CO2/c68-51-26-24-47(25-27-51)13-11-18-57(80)69-30-10-8-17-55(65(92)93)72-64(91)50(41-54(79)16-6-4-2-1-3-5-15-53(78)28-29-56(66(94)95)73-67(96)71-32-12-19-59(81)82)14-7-9-31-70-58(97)40-49-22-20-48(21-23-49)39-52-42-76(45-62(87)88)36-35-74(43-60(83)84)33-34-75(44-61(85)86)37-38-77(52)46-63(89)90;2-1-3/h20-27,50,52,55-56H,1-19,28-46H2,(H,69,80)(H,70,97)(H,72,91)(H,81,82)(H,83,84)(H,85,86)(H,87,88)(H,89,90)(H,92,93)(H,94,95)(H2,71,73,96);. The van der Waals surface area contributed by atoms with Gasteiger partial charge in [-0.25, -0.2) is 14.4 Å². The van der Waals surface area contributed by atoms with E-state index < -0.39 is 84.3 Å². The molecule has 0 bridgehead atoms. The normalized spacial score (nSPS) is 14.9. The molecule has 1 aliphatic heterocycles. The predicted octanol–water partition coefficient (Wildman–Crippen LogP) is 4.51. The first-order valence-electron chi connectivity index (χ1n) is 33.8. The number of carboxylic acid groups (broad SMARTS) is 7. The molecule has 0 aromatic heterocycles. The molecule has 0 radical (unpaired) electrons. The summed E-state index contributed by atoms with van der Waals surface area (Å²) in [6, 6.07) is 11.6. The Morgan fingerprint density at radius 3 is 1.54 bits per heavy atom. The second kappa shape index (κ2) is 51.9. The molecule has 1 fully saturated rings. The van der Waals surface area contributed by atoms with E-state index in [1.54, 1.807) is 19.6 Å². The van der Waals surface area contributed by atoms with Crippen molar-refractivity contribution in [2.75, 3.05) is 91.6 Å². The minimum Gasteiger partial charge on any atom is -0.481 e. The molecule has 100 heavy (non-hydrogen) atoms. The van der Waals surface area contributed by atoms with Crippen LogP contribution in [0.15, 0.2) is 53.0 Å². The number of carbonyl (C=O) groups is 12. The van der Waals surface area contributed by atoms with Crippen LogP contribution in [-0.4, -0.2) is 247 Å². The number of aliphatic carboxylic acids is 7. The minimum absolute atomic E-state index is 0.0436. The van der Waals surface area contributed by atoms with Gasteiger partial charge in [0.25, 0.3) is 0 Å². The molecule has 4 unspecified atom stereocenters. The largest absolute Gasteiger partial charge is 0.481 e. The van der Waals surface area contributed by atoms with Gasteiger partial charge < -0.3 is 62.3 Å². The number of rotatable bonds is 49. The number of hydrogen-bond donors (Lipinski definition) is 12. The summed E-state index contributed by atoms with van der Waals surface area (Å²) in [4.78, 5) is 171. The van der Waals surface area contributed by atoms with Crippen molar-refractivity contribution in [1.82, 2.24) is 46.2 Å². The Kier molecular flexibility index (Phi) is 45.7. The Morgan fingerprint density at radius 1 is 0.480 bits per heavy atom. The zero-order valence-electron chi connectivity index (χ0n) is 56.7. The Balaban J connectivity index is 0.0000111. The van der Waals surface area contributed by atoms with Crippen LogP contribution >= 0.6 is 28.1 Å². The third-order valence-corrected chi connectivity index (χ3v) is 17.4. The van der Waals surface area contributed by atoms with Crippen LogP contribution < -0.4 is 26.6 Å². The molecule has 0 aliphatic carbocycles. The number of amides is 4. The number of unbranched alkanes of at least 4 members (excludes halogenated alkanes) is 7. The molecule has 0 saturated carbocycles. The van der Waals surface area contributed by atoms with Crippen LogP contribution in [0.3, 0.4) is 0 Å². The number of Topliss-reactive ketones (excluding diaryl/α,β-unsaturated/α-hetero) is 2. The van der Waals surface area contributed by atoms with E-state index in [4.69, 9.17) is 26.9 Å². The number of nitrogens with zero attached hydrogens (tertiary/aromatic N) is 4. The maximum Gasteiger partial charge on any atom is 0.373 e. The molecule has 30 nitrogen and oxygen atoms in total. The summed E-state index contributed by atoms with van der Waals surface area (Å²) in [5.74, 6) is -9.73. The number of carbonyl (C=O) groups excluding carboxylic acids is 7. The highest BCUT2D eigenvalue weighted by Gasteiger charge is 2.30. The molecule has 556 valence electrons. The van der Waals surface area contributed by atoms with Gasteiger partial charge in [0, 0.05) is 127 Å². The lowest BCUT2D eigenvalue weighted by Crippen LogP contribution is -2.53. The van der Waals surface area contributed by atoms with Crippen LogP contribution in [-0.2, 0) is 81.6 Å². The zero-order valence-corrected chi connectivity index (χ0v) is 59.1. The molecular weight excluding hydrogens is 1390 g/mol. The van der Waals surface area contributed by atoms with Gasteiger partial charge in [-0.1, -0.05) is 96.7 Å². The fraction of sp³-hybridized carbons (Fsp3) is 0.618. The summed E-state index contributed by atoms with van der Waals surface area (Å²) in [6.07, 6.45) is 9.32. The molecule has 4 atom stereocenters. The third-order valence-electron chi connectivity index (χ3n) is 16.5. The first-order valence-corrected chi connectivity index (χ1v) is 35.1. The number of nitrogens with one attached hydrogen (secondary N) is 5. The summed E-state index contributed by atoms with van der Waals surface area (Å²) in [6.45, 7) is 0.466. The average molecular weight is 1490 g/mol. The van der Waals surface area contributed by atoms with Crippen LogP contribution in [0.1, 0.15) is 152 Å². The third kappa shape index (κ3) is 43.4. The van der Waals surface area contributed by atoms with Gasteiger partial charge in [-0.05, 0) is 106 Å². The van der Waals surface area contributed by atoms with Crippen LogP contribution in [0.2, 0.25) is 0 Å². The quantitative estimate of drug-likeness (QED) is 0.0320. The average Bonchev–Trinajstić information content (AvgIpc) is 0.859. The number of thiocarbonyl (C=S) groups is 1. The minimum atomic E-state index is -1.30. The number of aryl methyl sites for hydroxylation is 1. The van der Waals surface area contributed by atoms with Crippen molar-refractivity contribution >= 4 is 110 Å². The van der Waals surface area contributed by atoms with Crippen molar-refractivity contribution in [2.45, 2.75) is 172 Å². The Bertz CT molecular complexity index is 2960. The summed E-state index contributed by atoms with van der Waals surface area (Å²) in [5, 5.41) is 81.0. The van der Waals surface area contributed by atoms with Gasteiger partial charge in [-0.3, -0.25) is 62.8 Å². The highest BCUT2D eigenvalue weighted by Crippen LogP contribution is 2.20. The number of hydrogen-bond acceptors (Lipinski definition) is 19. The fourth-order valence-corrected chi connectivity index (χ4v) is 11.8. The molecule has 1 aliphatic rings. The Morgan fingerprint density at radius 2 is 0.970 bits per heavy atom. The summed E-state index contributed by atoms with van der Waals surface area (Å²) in [7, 11) is 0. The van der Waals surface area contributed by atoms with E-state index in [1.165, 1.54) is 0 Å². The second-order valence-corrected chi connectivity index (χ2v) is 26.2. The second-order valence-electron chi connectivity index (χ2n) is 24.8. The predicted molar refractivity (Wildman–Crippen MR) is 371 cm³/mol. The summed E-state index contributed by atoms with van der Waals surface area (Å²) >= 11 is 9.13. The van der Waals surface area contributed by atoms with E-state index in [2.05, 4.69) is 42.5 Å². The monoisotopic (exact) mass is 1490 g/mol. The van der Waals surface area contributed by atoms with Crippen molar-refractivity contribution in [3.63, 3.8) is 0 Å². The van der Waals surface area contributed by atoms with E-state index in [9.17, 15) is 88.2 Å². The first kappa shape index (κ1) is 88.0. The van der Waals surface area contributed by atoms with Crippen molar-refractivity contribution in [3.8, 4) is 0 Å². The van der Waals surface area contributed by atoms with Crippen molar-refractivity contribution in [3.05, 3.63) is 69.7 Å². The first-order chi connectivity index (χ1) is 47.7. The summed E-state index contributed by atoms with van der Waals surface area (Å²) in [5.41, 5.74) is 2.79. The van der Waals surface area contributed by atoms with E-state index in [-0.39, 0.29) is 153 Å². The Labute approximate surface area is 596 Å². The summed E-state index contributed by atoms with van der Waals surface area (Å²) < 4.78 is 0.971. The van der Waals surface area contributed by atoms with Gasteiger partial charge in [-0.2, -0.15) is 9.59 Å². The van der Waals surface area contributed by atoms with Gasteiger partial charge in [-0.15, -0.1) is 0 Å². The van der Waals surface area contributed by atoms with Gasteiger partial charge in [0.1, 0.15) is 23.7 Å². The maximum atomic E-state index is 13.9. The van der Waals surface area contributed by atoms with Crippen molar-refractivity contribution in [1.29, 1.82) is 0 Å². The lowest BCUT2D eigenvalue weighted by atomic mass is 9.92. The van der Waals surface area contributed by atoms with Gasteiger partial charge in [0.15, 0.2) is 0 Å². The maximum absolute atomic E-state index is 13.9. The van der Waals surface area contributed by atoms with E-state index in [1.807, 2.05) is 48.5 Å². The van der Waals surface area contributed by atoms with Crippen LogP contribution in [0.4, 0.5) is 4.79 Å². The zero-order chi connectivity index (χ0) is 74.2. The van der Waals surface area contributed by atoms with E-state index in [0.29, 0.717) is 88.7 Å². The highest BCUT2D eigenvalue weighted by atomic mass is 79.9. The van der Waals surface area contributed by atoms with Crippen molar-refractivity contribution < 1.29 is 103 Å². The van der Waals surface area contributed by atoms with Crippen LogP contribution in [0.25, 0.3) is 0 Å². The molecule has 0 spiro atoms. The lowest BCUT2D eigenvalue weighted by Gasteiger charge is -2.37. The molecule has 4 amide bonds. The topological polar surface area (TPSA) is 454 Å². The number of benzene rings is 2. The highest BCUT2D eigenvalue weighted by molar-refractivity contribution is 9.10. The lowest BCUT2D eigenvalue weighted by molar-refractivity contribution is -0.192. The molecule has 2 aromatic carbocycles. The van der Waals surface area contributed by atoms with Crippen molar-refractivity contribution in [2.24, 2.45) is 5.92 Å². The SMILES string of the molecule is O=C(O)CCCNC(=O)NC(CCC(=O)CCCCCCCCC(=O)CC(CCCCNC(=S)Cc1ccc(CC2CN(CC(=O)O)CCN(CC(=O)O)CCN(CC(=O)O)CCN2CC(=O)O)cc1)C(=O)NC(CCCCNC(=O)CCCc1ccc(Br)cc1)C(=O)O)C(=O)O.O=C=O. The number of urea groups is 1. The fourth-order valence-electron chi connectivity index (χ4n) is 11.2. The number of carboxylic acids is 7. The molecule has 32 heteroatoms. The molecule has 3 rings (SSSR count). The van der Waals surface area contributed by atoms with E-state index >= 15 is 0 Å². The van der Waals surface area contributed by atoms with Gasteiger partial charge >= 0.3 is 54.0 Å². The van der Waals surface area contributed by atoms with Crippen LogP contribution in [0, 0.1) is 5.92 Å². The van der Waals surface area contributed by atoms with Gasteiger partial charge in [0.2, 0.25) is 11.8 Å². The van der Waals surface area contributed by atoms with E-state index in [0.717, 1.165) is 46.8 Å². The smallest absolute Gasteiger partial charge is 0.373 e. The molecule has 1 heterocycles. The van der Waals surface area contributed by atoms with Gasteiger partial charge in [0.05, 0.1) is 31.2 Å². The molecular formula is C68H100BrN9O21S. The molecule has 12 N–H and O–H groups in total. The Hall–Kier alpha value is -8.13.